The van der Waals surface area contributed by atoms with Crippen molar-refractivity contribution in [2.75, 3.05) is 0 Å². The third-order valence-corrected chi connectivity index (χ3v) is 3.60. The summed E-state index contributed by atoms with van der Waals surface area (Å²) in [5.74, 6) is -4.79. The van der Waals surface area contributed by atoms with Crippen LogP contribution in [0.2, 0.25) is 0 Å². The topological polar surface area (TPSA) is 129 Å². The Morgan fingerprint density at radius 3 is 1.87 bits per heavy atom. The first-order chi connectivity index (χ1) is 10.8. The number of carboxylic acid groups (broad SMARTS) is 3. The van der Waals surface area contributed by atoms with Crippen LogP contribution in [0.5, 0.6) is 0 Å². The standard InChI is InChI=1S/C16H12O7/c17-12(9-3-5-10(6-4-9)13(18)19)11-2-1-7-16(8-11,14(20)21)15(22)23/h1-7H,8H2,(H,18,19)(H,20,21)(H,22,23). The van der Waals surface area contributed by atoms with Gasteiger partial charge in [0, 0.05) is 17.6 Å². The predicted molar refractivity (Wildman–Crippen MR) is 77.3 cm³/mol. The molecule has 1 aromatic carbocycles. The molecule has 0 aliphatic heterocycles. The first-order valence-corrected chi connectivity index (χ1v) is 6.51. The summed E-state index contributed by atoms with van der Waals surface area (Å²) in [5.41, 5.74) is -1.99. The number of hydrogen-bond acceptors (Lipinski definition) is 4. The van der Waals surface area contributed by atoms with Gasteiger partial charge < -0.3 is 15.3 Å². The van der Waals surface area contributed by atoms with Crippen LogP contribution in [0.4, 0.5) is 0 Å². The summed E-state index contributed by atoms with van der Waals surface area (Å²) >= 11 is 0. The van der Waals surface area contributed by atoms with Crippen LogP contribution in [0.1, 0.15) is 27.1 Å². The highest BCUT2D eigenvalue weighted by Gasteiger charge is 2.46. The number of Topliss-reactive ketones (excluding diaryl/α,β-unsaturated/α-hetero) is 1. The number of hydrogen-bond donors (Lipinski definition) is 3. The molecule has 23 heavy (non-hydrogen) atoms. The second-order valence-corrected chi connectivity index (χ2v) is 5.02. The molecule has 1 aliphatic carbocycles. The lowest BCUT2D eigenvalue weighted by Crippen LogP contribution is -2.39. The van der Waals surface area contributed by atoms with Crippen LogP contribution < -0.4 is 0 Å². The molecule has 0 bridgehead atoms. The second kappa shape index (κ2) is 5.88. The van der Waals surface area contributed by atoms with Crippen molar-refractivity contribution < 1.29 is 34.5 Å². The fraction of sp³-hybridized carbons (Fsp3) is 0.125. The molecule has 0 saturated carbocycles. The van der Waals surface area contributed by atoms with E-state index in [1.165, 1.54) is 36.4 Å². The average molecular weight is 316 g/mol. The molecule has 0 radical (unpaired) electrons. The maximum Gasteiger partial charge on any atom is 0.335 e. The van der Waals surface area contributed by atoms with Gasteiger partial charge in [-0.1, -0.05) is 30.4 Å². The monoisotopic (exact) mass is 316 g/mol. The van der Waals surface area contributed by atoms with Gasteiger partial charge in [0.05, 0.1) is 5.56 Å². The van der Waals surface area contributed by atoms with E-state index in [-0.39, 0.29) is 16.7 Å². The number of aliphatic carboxylic acids is 2. The van der Waals surface area contributed by atoms with Gasteiger partial charge in [0.1, 0.15) is 0 Å². The SMILES string of the molecule is O=C(O)c1ccc(C(=O)C2=CC=CC(C(=O)O)(C(=O)O)C2)cc1. The number of rotatable bonds is 5. The molecule has 0 fully saturated rings. The molecule has 7 nitrogen and oxygen atoms in total. The summed E-state index contributed by atoms with van der Waals surface area (Å²) in [6.45, 7) is 0. The Morgan fingerprint density at radius 1 is 0.870 bits per heavy atom. The fourth-order valence-corrected chi connectivity index (χ4v) is 2.24. The van der Waals surface area contributed by atoms with E-state index in [0.717, 1.165) is 6.08 Å². The van der Waals surface area contributed by atoms with Gasteiger partial charge in [0.2, 0.25) is 0 Å². The highest BCUT2D eigenvalue weighted by Crippen LogP contribution is 2.34. The Morgan fingerprint density at radius 2 is 1.39 bits per heavy atom. The number of allylic oxidation sites excluding steroid dienone is 3. The van der Waals surface area contributed by atoms with E-state index in [4.69, 9.17) is 5.11 Å². The molecule has 0 saturated heterocycles. The number of carbonyl (C=O) groups is 4. The van der Waals surface area contributed by atoms with Gasteiger partial charge in [-0.3, -0.25) is 14.4 Å². The Kier molecular flexibility index (Phi) is 4.13. The Hall–Kier alpha value is -3.22. The van der Waals surface area contributed by atoms with Gasteiger partial charge in [-0.05, 0) is 12.1 Å². The first-order valence-electron chi connectivity index (χ1n) is 6.51. The normalized spacial score (nSPS) is 15.6. The maximum atomic E-state index is 12.4. The van der Waals surface area contributed by atoms with Gasteiger partial charge in [-0.25, -0.2) is 4.79 Å². The predicted octanol–water partition coefficient (Wildman–Crippen LogP) is 1.61. The van der Waals surface area contributed by atoms with Crippen LogP contribution in [-0.2, 0) is 9.59 Å². The molecule has 2 rings (SSSR count). The first kappa shape index (κ1) is 16.2. The van der Waals surface area contributed by atoms with E-state index in [9.17, 15) is 29.4 Å². The van der Waals surface area contributed by atoms with E-state index in [2.05, 4.69) is 0 Å². The molecule has 1 aromatic rings. The van der Waals surface area contributed by atoms with Gasteiger partial charge in [0.15, 0.2) is 11.2 Å². The quantitative estimate of drug-likeness (QED) is 0.556. The van der Waals surface area contributed by atoms with Crippen molar-refractivity contribution in [3.05, 3.63) is 59.2 Å². The van der Waals surface area contributed by atoms with E-state index in [1.54, 1.807) is 0 Å². The van der Waals surface area contributed by atoms with Gasteiger partial charge >= 0.3 is 17.9 Å². The smallest absolute Gasteiger partial charge is 0.335 e. The lowest BCUT2D eigenvalue weighted by Gasteiger charge is -2.24. The third kappa shape index (κ3) is 2.89. The average Bonchev–Trinajstić information content (AvgIpc) is 2.53. The van der Waals surface area contributed by atoms with Crippen LogP contribution >= 0.6 is 0 Å². The second-order valence-electron chi connectivity index (χ2n) is 5.02. The molecule has 0 atom stereocenters. The number of ketones is 1. The zero-order chi connectivity index (χ0) is 17.2. The van der Waals surface area contributed by atoms with Crippen molar-refractivity contribution >= 4 is 23.7 Å². The van der Waals surface area contributed by atoms with Crippen LogP contribution in [0.15, 0.2) is 48.1 Å². The summed E-state index contributed by atoms with van der Waals surface area (Å²) in [6.07, 6.45) is 3.14. The van der Waals surface area contributed by atoms with E-state index in [0.29, 0.717) is 0 Å². The zero-order valence-electron chi connectivity index (χ0n) is 11.7. The van der Waals surface area contributed by atoms with E-state index >= 15 is 0 Å². The van der Waals surface area contributed by atoms with Crippen LogP contribution in [0, 0.1) is 5.41 Å². The summed E-state index contributed by atoms with van der Waals surface area (Å²) in [6, 6.07) is 5.09. The van der Waals surface area contributed by atoms with E-state index in [1.807, 2.05) is 0 Å². The number of carboxylic acids is 3. The lowest BCUT2D eigenvalue weighted by atomic mass is 9.76. The maximum absolute atomic E-state index is 12.4. The minimum atomic E-state index is -2.18. The molecule has 0 aromatic heterocycles. The Labute approximate surface area is 130 Å². The summed E-state index contributed by atoms with van der Waals surface area (Å²) in [4.78, 5) is 45.8. The lowest BCUT2D eigenvalue weighted by molar-refractivity contribution is -0.160. The Balaban J connectivity index is 2.31. The van der Waals surface area contributed by atoms with Crippen LogP contribution in [-0.4, -0.2) is 39.0 Å². The van der Waals surface area contributed by atoms with Crippen molar-refractivity contribution in [2.24, 2.45) is 5.41 Å². The summed E-state index contributed by atoms with van der Waals surface area (Å²) in [7, 11) is 0. The van der Waals surface area contributed by atoms with Crippen molar-refractivity contribution in [3.63, 3.8) is 0 Å². The molecule has 118 valence electrons. The molecule has 1 aliphatic rings. The molecule has 0 spiro atoms. The number of carbonyl (C=O) groups excluding carboxylic acids is 1. The highest BCUT2D eigenvalue weighted by atomic mass is 16.4. The molecular formula is C16H12O7. The number of benzene rings is 1. The van der Waals surface area contributed by atoms with Crippen LogP contribution in [0.25, 0.3) is 0 Å². The molecule has 3 N–H and O–H groups in total. The van der Waals surface area contributed by atoms with Gasteiger partial charge in [0.25, 0.3) is 0 Å². The van der Waals surface area contributed by atoms with Crippen molar-refractivity contribution in [1.82, 2.24) is 0 Å². The van der Waals surface area contributed by atoms with E-state index < -0.39 is 35.5 Å². The zero-order valence-corrected chi connectivity index (χ0v) is 11.7. The van der Waals surface area contributed by atoms with Crippen molar-refractivity contribution in [2.45, 2.75) is 6.42 Å². The molecule has 7 heteroatoms. The minimum absolute atomic E-state index is 0.00416. The van der Waals surface area contributed by atoms with Crippen LogP contribution in [0.3, 0.4) is 0 Å². The summed E-state index contributed by atoms with van der Waals surface area (Å²) < 4.78 is 0. The number of aromatic carboxylic acids is 1. The largest absolute Gasteiger partial charge is 0.480 e. The highest BCUT2D eigenvalue weighted by molar-refractivity contribution is 6.11. The molecule has 0 amide bonds. The van der Waals surface area contributed by atoms with Gasteiger partial charge in [-0.2, -0.15) is 0 Å². The Bertz CT molecular complexity index is 739. The molecular weight excluding hydrogens is 304 g/mol. The summed E-state index contributed by atoms with van der Waals surface area (Å²) in [5, 5.41) is 27.2. The van der Waals surface area contributed by atoms with Gasteiger partial charge in [-0.15, -0.1) is 0 Å². The van der Waals surface area contributed by atoms with Crippen molar-refractivity contribution in [3.8, 4) is 0 Å². The minimum Gasteiger partial charge on any atom is -0.480 e. The fourth-order valence-electron chi connectivity index (χ4n) is 2.24. The molecule has 0 unspecified atom stereocenters. The van der Waals surface area contributed by atoms with Crippen molar-refractivity contribution in [1.29, 1.82) is 0 Å². The third-order valence-electron chi connectivity index (χ3n) is 3.60. The molecule has 0 heterocycles.